The molecule has 2 aromatic carbocycles. The lowest BCUT2D eigenvalue weighted by molar-refractivity contribution is 0.0515. The van der Waals surface area contributed by atoms with Crippen LogP contribution in [0.3, 0.4) is 0 Å². The number of esters is 2. The van der Waals surface area contributed by atoms with Gasteiger partial charge >= 0.3 is 11.9 Å². The third-order valence-corrected chi connectivity index (χ3v) is 8.26. The predicted molar refractivity (Wildman–Crippen MR) is 198 cm³/mol. The van der Waals surface area contributed by atoms with Crippen molar-refractivity contribution in [1.82, 2.24) is 29.9 Å². The van der Waals surface area contributed by atoms with Crippen LogP contribution in [0.25, 0.3) is 21.8 Å². The Bertz CT molecular complexity index is 2040. The molecule has 6 aromatic rings. The van der Waals surface area contributed by atoms with Crippen LogP contribution in [0.4, 0.5) is 17.2 Å². The minimum atomic E-state index is -0.479. The van der Waals surface area contributed by atoms with Gasteiger partial charge in [-0.25, -0.2) is 29.5 Å². The molecule has 0 saturated carbocycles. The van der Waals surface area contributed by atoms with Crippen LogP contribution in [0, 0.1) is 13.8 Å². The molecule has 4 heterocycles. The van der Waals surface area contributed by atoms with Gasteiger partial charge in [-0.15, -0.1) is 0 Å². The highest BCUT2D eigenvalue weighted by atomic mass is 35.5. The molecule has 0 unspecified atom stereocenters. The molecule has 6 rings (SSSR count). The molecule has 0 atom stereocenters. The molecule has 5 N–H and O–H groups in total. The Labute approximate surface area is 297 Å². The molecule has 0 spiro atoms. The fourth-order valence-corrected chi connectivity index (χ4v) is 5.81. The Hall–Kier alpha value is -4.79. The van der Waals surface area contributed by atoms with E-state index in [4.69, 9.17) is 26.8 Å². The van der Waals surface area contributed by atoms with Gasteiger partial charge in [0, 0.05) is 45.6 Å². The molecule has 4 aromatic heterocycles. The van der Waals surface area contributed by atoms with Gasteiger partial charge in [0.2, 0.25) is 0 Å². The number of nitrogens with one attached hydrogen (secondary N) is 3. The summed E-state index contributed by atoms with van der Waals surface area (Å²) in [6.45, 7) is 7.61. The number of thioether (sulfide) groups is 2. The third kappa shape index (κ3) is 9.22. The number of aryl methyl sites for hydroxylation is 2. The Morgan fingerprint density at radius 2 is 1.31 bits per heavy atom. The number of aromatic amines is 2. The molecule has 15 heteroatoms. The van der Waals surface area contributed by atoms with Gasteiger partial charge in [0.05, 0.1) is 24.6 Å². The lowest BCUT2D eigenvalue weighted by Gasteiger charge is -2.14. The minimum Gasteiger partial charge on any atom is -0.462 e. The van der Waals surface area contributed by atoms with E-state index in [1.165, 1.54) is 23.5 Å². The number of rotatable bonds is 8. The molecule has 256 valence electrons. The molecule has 0 amide bonds. The largest absolute Gasteiger partial charge is 0.462 e. The van der Waals surface area contributed by atoms with Crippen LogP contribution in [0.5, 0.6) is 0 Å². The van der Waals surface area contributed by atoms with E-state index >= 15 is 0 Å². The fourth-order valence-electron chi connectivity index (χ4n) is 4.65. The number of benzene rings is 2. The van der Waals surface area contributed by atoms with Crippen LogP contribution in [-0.4, -0.2) is 67.6 Å². The molecular weight excluding hydrogens is 684 g/mol. The number of nitrogens with zero attached hydrogens (tertiary/aromatic N) is 4. The number of carbonyl (C=O) groups is 2. The van der Waals surface area contributed by atoms with E-state index in [2.05, 4.69) is 35.2 Å². The second-order valence-electron chi connectivity index (χ2n) is 10.1. The average Bonchev–Trinajstić information content (AvgIpc) is 3.76. The van der Waals surface area contributed by atoms with E-state index in [0.29, 0.717) is 46.3 Å². The molecule has 0 radical (unpaired) electrons. The van der Waals surface area contributed by atoms with Crippen molar-refractivity contribution in [2.24, 2.45) is 0 Å². The van der Waals surface area contributed by atoms with Gasteiger partial charge in [0.25, 0.3) is 0 Å². The van der Waals surface area contributed by atoms with Gasteiger partial charge in [-0.05, 0) is 76.6 Å². The van der Waals surface area contributed by atoms with Crippen LogP contribution in [0.15, 0.2) is 71.2 Å². The number of aromatic nitrogens is 6. The van der Waals surface area contributed by atoms with Crippen LogP contribution in [-0.2, 0) is 9.47 Å². The van der Waals surface area contributed by atoms with Gasteiger partial charge in [-0.3, -0.25) is 0 Å². The lowest BCUT2D eigenvalue weighted by atomic mass is 10.2. The van der Waals surface area contributed by atoms with Crippen molar-refractivity contribution >= 4 is 86.1 Å². The first-order chi connectivity index (χ1) is 23.6. The van der Waals surface area contributed by atoms with E-state index in [1.807, 2.05) is 73.4 Å². The molecule has 0 aliphatic heterocycles. The quantitative estimate of drug-likeness (QED) is 0.0393. The zero-order valence-corrected chi connectivity index (χ0v) is 30.3. The first-order valence-corrected chi connectivity index (χ1v) is 17.9. The van der Waals surface area contributed by atoms with E-state index in [0.717, 1.165) is 33.2 Å². The third-order valence-electron chi connectivity index (χ3n) is 6.90. The van der Waals surface area contributed by atoms with Gasteiger partial charge in [0.1, 0.15) is 22.1 Å². The Kier molecular flexibility index (Phi) is 13.3. The van der Waals surface area contributed by atoms with Gasteiger partial charge in [-0.1, -0.05) is 47.3 Å². The van der Waals surface area contributed by atoms with E-state index < -0.39 is 11.9 Å². The molecule has 49 heavy (non-hydrogen) atoms. The average molecular weight is 721 g/mol. The van der Waals surface area contributed by atoms with Gasteiger partial charge in [0.15, 0.2) is 10.3 Å². The second kappa shape index (κ2) is 17.6. The maximum Gasteiger partial charge on any atom is 0.343 e. The first-order valence-electron chi connectivity index (χ1n) is 15.1. The van der Waals surface area contributed by atoms with Crippen molar-refractivity contribution in [3.8, 4) is 0 Å². The number of fused-ring (bicyclic) bond motifs is 2. The lowest BCUT2D eigenvalue weighted by Crippen LogP contribution is -2.13. The highest BCUT2D eigenvalue weighted by Crippen LogP contribution is 2.29. The number of ether oxygens (including phenoxy) is 2. The maximum absolute atomic E-state index is 12.3. The van der Waals surface area contributed by atoms with Crippen LogP contribution in [0.1, 0.15) is 46.0 Å². The van der Waals surface area contributed by atoms with Crippen molar-refractivity contribution in [2.75, 3.05) is 36.8 Å². The van der Waals surface area contributed by atoms with Crippen molar-refractivity contribution in [1.29, 1.82) is 0 Å². The summed E-state index contributed by atoms with van der Waals surface area (Å²) in [5.41, 5.74) is 11.2. The van der Waals surface area contributed by atoms with Crippen LogP contribution < -0.4 is 11.1 Å². The highest BCUT2D eigenvalue weighted by molar-refractivity contribution is 7.98. The van der Waals surface area contributed by atoms with E-state index in [1.54, 1.807) is 27.7 Å². The number of hydrogen-bond acceptors (Lipinski definition) is 12. The normalized spacial score (nSPS) is 10.5. The topological polar surface area (TPSA) is 174 Å². The Morgan fingerprint density at radius 3 is 1.88 bits per heavy atom. The molecular formula is C34H37ClN8O4S2. The highest BCUT2D eigenvalue weighted by Gasteiger charge is 2.21. The van der Waals surface area contributed by atoms with E-state index in [-0.39, 0.29) is 10.7 Å². The SMILES string of the molecule is CCOC(=O)c1c(C)nc(SC)nc1Cl.CCOC(=O)c1c(C)nc(SC)nc1Nc1cccc2[nH]ccc12.Nc1cccc2[nH]ccc12. The van der Waals surface area contributed by atoms with Crippen molar-refractivity contribution in [3.05, 3.63) is 88.6 Å². The predicted octanol–water partition coefficient (Wildman–Crippen LogP) is 8.00. The molecule has 0 saturated heterocycles. The summed E-state index contributed by atoms with van der Waals surface area (Å²) >= 11 is 8.68. The molecule has 0 aliphatic carbocycles. The smallest absolute Gasteiger partial charge is 0.343 e. The fraction of sp³-hybridized carbons (Fsp3) is 0.235. The van der Waals surface area contributed by atoms with Crippen LogP contribution >= 0.6 is 35.1 Å². The molecule has 0 fully saturated rings. The summed E-state index contributed by atoms with van der Waals surface area (Å²) in [4.78, 5) is 47.0. The summed E-state index contributed by atoms with van der Waals surface area (Å²) in [7, 11) is 0. The van der Waals surface area contributed by atoms with Crippen molar-refractivity contribution < 1.29 is 19.1 Å². The number of nitrogens with two attached hydrogens (primary N) is 1. The zero-order valence-electron chi connectivity index (χ0n) is 27.9. The van der Waals surface area contributed by atoms with E-state index in [9.17, 15) is 9.59 Å². The first kappa shape index (κ1) is 37.0. The van der Waals surface area contributed by atoms with Gasteiger partial charge < -0.3 is 30.5 Å². The monoisotopic (exact) mass is 720 g/mol. The maximum atomic E-state index is 12.3. The number of hydrogen-bond donors (Lipinski definition) is 4. The molecule has 0 bridgehead atoms. The summed E-state index contributed by atoms with van der Waals surface area (Å²) in [6.07, 6.45) is 7.51. The summed E-state index contributed by atoms with van der Waals surface area (Å²) < 4.78 is 10.0. The summed E-state index contributed by atoms with van der Waals surface area (Å²) in [5, 5.41) is 6.69. The van der Waals surface area contributed by atoms with Gasteiger partial charge in [-0.2, -0.15) is 0 Å². The number of carbonyl (C=O) groups excluding carboxylic acids is 2. The number of nitrogen functional groups attached to an aromatic ring is 1. The Balaban J connectivity index is 0.000000183. The summed E-state index contributed by atoms with van der Waals surface area (Å²) in [6, 6.07) is 15.7. The molecule has 0 aliphatic rings. The standard InChI is InChI=1S/C17H18N4O2S.C9H11ClN2O2S.C8H8N2/c1-4-23-16(22)14-10(2)19-17(24-3)21-15(14)20-13-7-5-6-12-11(13)8-9-18-12;1-4-14-8(13)6-5(2)11-9(15-3)12-7(6)10;9-7-2-1-3-8-6(7)4-5-10-8/h5-9,18H,4H2,1-3H3,(H,19,20,21);4H2,1-3H3;1-5,10H,9H2. The van der Waals surface area contributed by atoms with Crippen molar-refractivity contribution in [2.45, 2.75) is 38.0 Å². The zero-order chi connectivity index (χ0) is 35.5. The molecule has 12 nitrogen and oxygen atoms in total. The summed E-state index contributed by atoms with van der Waals surface area (Å²) in [5.74, 6) is -0.446. The van der Waals surface area contributed by atoms with Crippen LogP contribution in [0.2, 0.25) is 5.15 Å². The second-order valence-corrected chi connectivity index (χ2v) is 12.0. The van der Waals surface area contributed by atoms with Crippen molar-refractivity contribution in [3.63, 3.8) is 0 Å². The minimum absolute atomic E-state index is 0.144. The Morgan fingerprint density at radius 1 is 0.776 bits per heavy atom. The number of anilines is 3. The number of halogens is 1. The number of H-pyrrole nitrogens is 2.